The van der Waals surface area contributed by atoms with Crippen LogP contribution in [0.15, 0.2) is 42.5 Å². The Balaban J connectivity index is 1.61. The van der Waals surface area contributed by atoms with Crippen LogP contribution in [0.25, 0.3) is 6.08 Å². The average Bonchev–Trinajstić information content (AvgIpc) is 3.09. The summed E-state index contributed by atoms with van der Waals surface area (Å²) < 4.78 is 15.7. The van der Waals surface area contributed by atoms with Gasteiger partial charge in [-0.25, -0.2) is 0 Å². The predicted molar refractivity (Wildman–Crippen MR) is 95.6 cm³/mol. The number of hydrogen-bond donors (Lipinski definition) is 1. The minimum absolute atomic E-state index is 0.156. The number of benzene rings is 2. The molecule has 0 aromatic heterocycles. The molecular weight excluding hydrogens is 342 g/mol. The van der Waals surface area contributed by atoms with Crippen LogP contribution >= 0.6 is 11.6 Å². The molecule has 0 saturated carbocycles. The van der Waals surface area contributed by atoms with E-state index in [1.165, 1.54) is 6.08 Å². The number of carbonyl (C=O) groups excluding carboxylic acids is 1. The van der Waals surface area contributed by atoms with E-state index in [9.17, 15) is 4.79 Å². The van der Waals surface area contributed by atoms with Gasteiger partial charge in [-0.15, -0.1) is 0 Å². The van der Waals surface area contributed by atoms with Gasteiger partial charge in [0.25, 0.3) is 0 Å². The maximum absolute atomic E-state index is 12.1. The van der Waals surface area contributed by atoms with E-state index in [0.29, 0.717) is 29.7 Å². The van der Waals surface area contributed by atoms with E-state index in [0.717, 1.165) is 16.7 Å². The van der Waals surface area contributed by atoms with Crippen molar-refractivity contribution in [1.82, 2.24) is 5.32 Å². The Labute approximate surface area is 151 Å². The van der Waals surface area contributed by atoms with Crippen molar-refractivity contribution in [3.63, 3.8) is 0 Å². The Kier molecular flexibility index (Phi) is 5.58. The van der Waals surface area contributed by atoms with Crippen molar-refractivity contribution in [2.75, 3.05) is 13.9 Å². The van der Waals surface area contributed by atoms with Crippen molar-refractivity contribution in [2.45, 2.75) is 13.2 Å². The van der Waals surface area contributed by atoms with Crippen LogP contribution in [0.1, 0.15) is 16.7 Å². The molecule has 5 nitrogen and oxygen atoms in total. The van der Waals surface area contributed by atoms with Gasteiger partial charge in [-0.05, 0) is 34.9 Å². The largest absolute Gasteiger partial charge is 0.454 e. The molecule has 1 aliphatic rings. The first kappa shape index (κ1) is 17.3. The molecular formula is C19H18ClNO4. The maximum Gasteiger partial charge on any atom is 0.244 e. The number of halogens is 1. The Morgan fingerprint density at radius 2 is 2.08 bits per heavy atom. The summed E-state index contributed by atoms with van der Waals surface area (Å²) in [6.45, 7) is 1.10. The van der Waals surface area contributed by atoms with Gasteiger partial charge in [-0.1, -0.05) is 35.9 Å². The molecule has 6 heteroatoms. The number of nitrogens with one attached hydrogen (secondary N) is 1. The first-order valence-electron chi connectivity index (χ1n) is 7.78. The zero-order valence-corrected chi connectivity index (χ0v) is 14.5. The highest BCUT2D eigenvalue weighted by atomic mass is 35.5. The van der Waals surface area contributed by atoms with Gasteiger partial charge < -0.3 is 19.5 Å². The summed E-state index contributed by atoms with van der Waals surface area (Å²) in [5.41, 5.74) is 2.85. The summed E-state index contributed by atoms with van der Waals surface area (Å²) in [7, 11) is 1.65. The maximum atomic E-state index is 12.1. The quantitative estimate of drug-likeness (QED) is 0.801. The number of methoxy groups -OCH3 is 1. The minimum atomic E-state index is -0.194. The lowest BCUT2D eigenvalue weighted by atomic mass is 10.1. The van der Waals surface area contributed by atoms with Gasteiger partial charge in [0, 0.05) is 19.7 Å². The fourth-order valence-corrected chi connectivity index (χ4v) is 2.80. The van der Waals surface area contributed by atoms with Crippen molar-refractivity contribution in [3.05, 3.63) is 64.2 Å². The fraction of sp³-hybridized carbons (Fsp3) is 0.211. The fourth-order valence-electron chi connectivity index (χ4n) is 2.52. The molecule has 0 atom stereocenters. The number of hydrogen-bond acceptors (Lipinski definition) is 4. The molecule has 1 N–H and O–H groups in total. The predicted octanol–water partition coefficient (Wildman–Crippen LogP) is 3.54. The van der Waals surface area contributed by atoms with E-state index in [1.807, 2.05) is 24.3 Å². The zero-order chi connectivity index (χ0) is 17.6. The van der Waals surface area contributed by atoms with Gasteiger partial charge in [0.05, 0.1) is 11.6 Å². The standard InChI is InChI=1S/C19H18ClNO4/c1-23-11-15-5-3-2-4-14(15)10-21-18(22)7-6-13-8-16(20)19-17(9-13)24-12-25-19/h2-9H,10-12H2,1H3,(H,21,22)/b7-6+. The molecule has 0 radical (unpaired) electrons. The van der Waals surface area contributed by atoms with E-state index in [2.05, 4.69) is 5.32 Å². The molecule has 0 fully saturated rings. The monoisotopic (exact) mass is 359 g/mol. The summed E-state index contributed by atoms with van der Waals surface area (Å²) >= 11 is 6.13. The highest BCUT2D eigenvalue weighted by molar-refractivity contribution is 6.32. The zero-order valence-electron chi connectivity index (χ0n) is 13.8. The molecule has 1 heterocycles. The minimum Gasteiger partial charge on any atom is -0.454 e. The third-order valence-electron chi connectivity index (χ3n) is 3.75. The van der Waals surface area contributed by atoms with Crippen LogP contribution in [0.4, 0.5) is 0 Å². The van der Waals surface area contributed by atoms with Crippen LogP contribution in [-0.2, 0) is 22.7 Å². The van der Waals surface area contributed by atoms with Crippen LogP contribution in [0.5, 0.6) is 11.5 Å². The van der Waals surface area contributed by atoms with Gasteiger partial charge in [0.1, 0.15) is 0 Å². The summed E-state index contributed by atoms with van der Waals surface area (Å²) in [5, 5.41) is 3.33. The smallest absolute Gasteiger partial charge is 0.244 e. The third-order valence-corrected chi connectivity index (χ3v) is 4.03. The summed E-state index contributed by atoms with van der Waals surface area (Å²) in [5.74, 6) is 0.931. The number of rotatable bonds is 6. The van der Waals surface area contributed by atoms with E-state index < -0.39 is 0 Å². The second-order valence-electron chi connectivity index (χ2n) is 5.49. The number of fused-ring (bicyclic) bond motifs is 1. The highest BCUT2D eigenvalue weighted by Gasteiger charge is 2.17. The van der Waals surface area contributed by atoms with E-state index in [1.54, 1.807) is 25.3 Å². The van der Waals surface area contributed by atoms with Crippen LogP contribution in [0.3, 0.4) is 0 Å². The molecule has 0 unspecified atom stereocenters. The Morgan fingerprint density at radius 1 is 1.28 bits per heavy atom. The number of amides is 1. The van der Waals surface area contributed by atoms with E-state index in [-0.39, 0.29) is 12.7 Å². The van der Waals surface area contributed by atoms with Crippen LogP contribution < -0.4 is 14.8 Å². The van der Waals surface area contributed by atoms with Gasteiger partial charge in [-0.3, -0.25) is 4.79 Å². The van der Waals surface area contributed by atoms with Crippen molar-refractivity contribution in [1.29, 1.82) is 0 Å². The lowest BCUT2D eigenvalue weighted by molar-refractivity contribution is -0.116. The molecule has 3 rings (SSSR count). The Morgan fingerprint density at radius 3 is 2.88 bits per heavy atom. The van der Waals surface area contributed by atoms with Gasteiger partial charge >= 0.3 is 0 Å². The van der Waals surface area contributed by atoms with Crippen molar-refractivity contribution < 1.29 is 19.0 Å². The van der Waals surface area contributed by atoms with Crippen LogP contribution in [-0.4, -0.2) is 19.8 Å². The second-order valence-corrected chi connectivity index (χ2v) is 5.90. The molecule has 2 aromatic rings. The van der Waals surface area contributed by atoms with Crippen molar-refractivity contribution >= 4 is 23.6 Å². The molecule has 25 heavy (non-hydrogen) atoms. The third kappa shape index (κ3) is 4.32. The van der Waals surface area contributed by atoms with Crippen LogP contribution in [0.2, 0.25) is 5.02 Å². The van der Waals surface area contributed by atoms with Gasteiger partial charge in [0.2, 0.25) is 12.7 Å². The summed E-state index contributed by atoms with van der Waals surface area (Å²) in [4.78, 5) is 12.1. The van der Waals surface area contributed by atoms with Gasteiger partial charge in [0.15, 0.2) is 11.5 Å². The molecule has 0 saturated heterocycles. The second kappa shape index (κ2) is 8.05. The Bertz CT molecular complexity index is 804. The first-order chi connectivity index (χ1) is 12.2. The average molecular weight is 360 g/mol. The molecule has 0 bridgehead atoms. The number of ether oxygens (including phenoxy) is 3. The molecule has 0 aliphatic carbocycles. The summed E-state index contributed by atoms with van der Waals surface area (Å²) in [6, 6.07) is 11.3. The Hall–Kier alpha value is -2.50. The summed E-state index contributed by atoms with van der Waals surface area (Å²) in [6.07, 6.45) is 3.15. The van der Waals surface area contributed by atoms with Crippen LogP contribution in [0, 0.1) is 0 Å². The lowest BCUT2D eigenvalue weighted by Gasteiger charge is -2.09. The molecule has 1 aliphatic heterocycles. The van der Waals surface area contributed by atoms with Crippen molar-refractivity contribution in [2.24, 2.45) is 0 Å². The number of carbonyl (C=O) groups is 1. The topological polar surface area (TPSA) is 56.8 Å². The van der Waals surface area contributed by atoms with Gasteiger partial charge in [-0.2, -0.15) is 0 Å². The van der Waals surface area contributed by atoms with E-state index >= 15 is 0 Å². The van der Waals surface area contributed by atoms with E-state index in [4.69, 9.17) is 25.8 Å². The normalized spacial score (nSPS) is 12.6. The first-order valence-corrected chi connectivity index (χ1v) is 8.16. The molecule has 2 aromatic carbocycles. The SMILES string of the molecule is COCc1ccccc1CNC(=O)/C=C/c1cc(Cl)c2c(c1)OCO2. The molecule has 1 amide bonds. The molecule has 0 spiro atoms. The molecule has 130 valence electrons. The lowest BCUT2D eigenvalue weighted by Crippen LogP contribution is -2.21. The van der Waals surface area contributed by atoms with Crippen molar-refractivity contribution in [3.8, 4) is 11.5 Å². The highest BCUT2D eigenvalue weighted by Crippen LogP contribution is 2.40.